The first-order valence-corrected chi connectivity index (χ1v) is 6.21. The van der Waals surface area contributed by atoms with Gasteiger partial charge in [-0.05, 0) is 12.0 Å². The molecule has 0 radical (unpaired) electrons. The number of thiazole rings is 1. The lowest BCUT2D eigenvalue weighted by atomic mass is 10.1. The van der Waals surface area contributed by atoms with Crippen molar-refractivity contribution >= 4 is 17.6 Å². The summed E-state index contributed by atoms with van der Waals surface area (Å²) >= 11 is 1.38. The minimum Gasteiger partial charge on any atom is -0.295 e. The Kier molecular flexibility index (Phi) is 3.47. The van der Waals surface area contributed by atoms with Crippen LogP contribution >= 0.6 is 11.3 Å². The Morgan fingerprint density at radius 1 is 1.31 bits per heavy atom. The van der Waals surface area contributed by atoms with Gasteiger partial charge in [0.05, 0.1) is 5.69 Å². The third-order valence-corrected chi connectivity index (χ3v) is 3.18. The largest absolute Gasteiger partial charge is 0.295 e. The van der Waals surface area contributed by atoms with Gasteiger partial charge in [0.15, 0.2) is 11.3 Å². The molecule has 0 spiro atoms. The van der Waals surface area contributed by atoms with Gasteiger partial charge in [-0.2, -0.15) is 0 Å². The van der Waals surface area contributed by atoms with Gasteiger partial charge in [0.2, 0.25) is 0 Å². The molecule has 0 saturated heterocycles. The number of hydrogen-bond donors (Lipinski definition) is 0. The Labute approximate surface area is 99.0 Å². The number of aromatic nitrogens is 1. The van der Waals surface area contributed by atoms with Crippen LogP contribution in [0.2, 0.25) is 0 Å². The van der Waals surface area contributed by atoms with Crippen molar-refractivity contribution in [2.75, 3.05) is 0 Å². The average Bonchev–Trinajstić information content (AvgIpc) is 2.79. The van der Waals surface area contributed by atoms with Crippen LogP contribution in [0.25, 0.3) is 11.3 Å². The Bertz CT molecular complexity index is 473. The van der Waals surface area contributed by atoms with Gasteiger partial charge in [-0.15, -0.1) is 11.3 Å². The van der Waals surface area contributed by atoms with E-state index in [-0.39, 0.29) is 0 Å². The molecule has 3 heteroatoms. The molecule has 0 aliphatic heterocycles. The minimum atomic E-state index is 0.535. The normalized spacial score (nSPS) is 10.3. The van der Waals surface area contributed by atoms with E-state index in [0.29, 0.717) is 5.01 Å². The first-order chi connectivity index (χ1) is 7.83. The molecule has 0 saturated carbocycles. The van der Waals surface area contributed by atoms with Crippen molar-refractivity contribution in [2.24, 2.45) is 0 Å². The number of aldehydes is 1. The molecular formula is C13H13NOS. The van der Waals surface area contributed by atoms with E-state index < -0.39 is 0 Å². The van der Waals surface area contributed by atoms with Crippen molar-refractivity contribution in [3.8, 4) is 11.3 Å². The molecule has 0 atom stereocenters. The fraction of sp³-hybridized carbons (Fsp3) is 0.231. The van der Waals surface area contributed by atoms with E-state index >= 15 is 0 Å². The monoisotopic (exact) mass is 231 g/mol. The summed E-state index contributed by atoms with van der Waals surface area (Å²) in [5.74, 6) is 0. The van der Waals surface area contributed by atoms with Crippen LogP contribution < -0.4 is 0 Å². The van der Waals surface area contributed by atoms with Crippen LogP contribution in [0.3, 0.4) is 0 Å². The maximum atomic E-state index is 10.5. The lowest BCUT2D eigenvalue weighted by molar-refractivity contribution is 0.112. The highest BCUT2D eigenvalue weighted by Gasteiger charge is 2.03. The first-order valence-electron chi connectivity index (χ1n) is 5.33. The summed E-state index contributed by atoms with van der Waals surface area (Å²) in [6.07, 6.45) is 3.06. The molecule has 1 heterocycles. The fourth-order valence-electron chi connectivity index (χ4n) is 1.61. The summed E-state index contributed by atoms with van der Waals surface area (Å²) in [5.41, 5.74) is 3.30. The smallest absolute Gasteiger partial charge is 0.178 e. The van der Waals surface area contributed by atoms with Crippen LogP contribution in [0.15, 0.2) is 29.6 Å². The summed E-state index contributed by atoms with van der Waals surface area (Å²) in [5, 5.41) is 2.45. The van der Waals surface area contributed by atoms with Gasteiger partial charge in [0, 0.05) is 10.9 Å². The second-order valence-corrected chi connectivity index (χ2v) is 4.53. The molecule has 1 aromatic carbocycles. The van der Waals surface area contributed by atoms with Crippen molar-refractivity contribution in [2.45, 2.75) is 19.8 Å². The Hall–Kier alpha value is -1.48. The number of rotatable bonds is 4. The predicted octanol–water partition coefficient (Wildman–Crippen LogP) is 3.58. The number of hydrogen-bond acceptors (Lipinski definition) is 3. The summed E-state index contributed by atoms with van der Waals surface area (Å²) in [6.45, 7) is 2.17. The van der Waals surface area contributed by atoms with E-state index in [0.717, 1.165) is 30.4 Å². The van der Waals surface area contributed by atoms with Gasteiger partial charge in [0.25, 0.3) is 0 Å². The molecular weight excluding hydrogens is 218 g/mol. The molecule has 0 aliphatic rings. The average molecular weight is 231 g/mol. The van der Waals surface area contributed by atoms with Crippen LogP contribution in [-0.4, -0.2) is 11.3 Å². The topological polar surface area (TPSA) is 30.0 Å². The second-order valence-electron chi connectivity index (χ2n) is 3.64. The van der Waals surface area contributed by atoms with E-state index in [1.54, 1.807) is 0 Å². The Balaban J connectivity index is 2.23. The molecule has 0 bridgehead atoms. The Morgan fingerprint density at radius 3 is 2.62 bits per heavy atom. The SMILES string of the molecule is CCCc1ccc(-c2csc(C=O)n2)cc1. The van der Waals surface area contributed by atoms with E-state index in [9.17, 15) is 4.79 Å². The maximum Gasteiger partial charge on any atom is 0.178 e. The number of aryl methyl sites for hydroxylation is 1. The van der Waals surface area contributed by atoms with Crippen molar-refractivity contribution in [3.63, 3.8) is 0 Å². The first kappa shape index (κ1) is 11.0. The zero-order chi connectivity index (χ0) is 11.4. The molecule has 16 heavy (non-hydrogen) atoms. The predicted molar refractivity (Wildman–Crippen MR) is 66.9 cm³/mol. The van der Waals surface area contributed by atoms with Gasteiger partial charge in [-0.3, -0.25) is 4.79 Å². The van der Waals surface area contributed by atoms with E-state index in [4.69, 9.17) is 0 Å². The molecule has 0 amide bonds. The zero-order valence-electron chi connectivity index (χ0n) is 9.14. The zero-order valence-corrected chi connectivity index (χ0v) is 9.96. The van der Waals surface area contributed by atoms with Crippen molar-refractivity contribution in [3.05, 3.63) is 40.2 Å². The summed E-state index contributed by atoms with van der Waals surface area (Å²) in [4.78, 5) is 14.8. The summed E-state index contributed by atoms with van der Waals surface area (Å²) in [7, 11) is 0. The minimum absolute atomic E-state index is 0.535. The molecule has 0 N–H and O–H groups in total. The van der Waals surface area contributed by atoms with Gasteiger partial charge >= 0.3 is 0 Å². The third-order valence-electron chi connectivity index (χ3n) is 2.41. The molecule has 2 rings (SSSR count). The number of nitrogens with zero attached hydrogens (tertiary/aromatic N) is 1. The highest BCUT2D eigenvalue weighted by molar-refractivity contribution is 7.11. The van der Waals surface area contributed by atoms with E-state index in [1.807, 2.05) is 5.38 Å². The van der Waals surface area contributed by atoms with Crippen molar-refractivity contribution in [1.82, 2.24) is 4.98 Å². The quantitative estimate of drug-likeness (QED) is 0.753. The number of benzene rings is 1. The van der Waals surface area contributed by atoms with E-state index in [2.05, 4.69) is 36.2 Å². The summed E-state index contributed by atoms with van der Waals surface area (Å²) < 4.78 is 0. The molecule has 1 aromatic heterocycles. The standard InChI is InChI=1S/C13H13NOS/c1-2-3-10-4-6-11(7-5-10)12-9-16-13(8-15)14-12/h4-9H,2-3H2,1H3. The van der Waals surface area contributed by atoms with Crippen LogP contribution in [-0.2, 0) is 6.42 Å². The van der Waals surface area contributed by atoms with Crippen molar-refractivity contribution in [1.29, 1.82) is 0 Å². The Morgan fingerprint density at radius 2 is 2.06 bits per heavy atom. The van der Waals surface area contributed by atoms with Crippen molar-refractivity contribution < 1.29 is 4.79 Å². The lowest BCUT2D eigenvalue weighted by Crippen LogP contribution is -1.84. The van der Waals surface area contributed by atoms with Crippen LogP contribution in [0.4, 0.5) is 0 Å². The molecule has 0 fully saturated rings. The van der Waals surface area contributed by atoms with Gasteiger partial charge in [0.1, 0.15) is 0 Å². The maximum absolute atomic E-state index is 10.5. The third kappa shape index (κ3) is 2.36. The molecule has 2 nitrogen and oxygen atoms in total. The molecule has 82 valence electrons. The van der Waals surface area contributed by atoms with E-state index in [1.165, 1.54) is 16.9 Å². The van der Waals surface area contributed by atoms with Gasteiger partial charge < -0.3 is 0 Å². The number of carbonyl (C=O) groups excluding carboxylic acids is 1. The summed E-state index contributed by atoms with van der Waals surface area (Å²) in [6, 6.07) is 8.38. The molecule has 2 aromatic rings. The molecule has 0 unspecified atom stereocenters. The van der Waals surface area contributed by atoms with Gasteiger partial charge in [-0.1, -0.05) is 37.6 Å². The number of carbonyl (C=O) groups is 1. The second kappa shape index (κ2) is 5.03. The fourth-order valence-corrected chi connectivity index (χ4v) is 2.23. The highest BCUT2D eigenvalue weighted by Crippen LogP contribution is 2.21. The lowest BCUT2D eigenvalue weighted by Gasteiger charge is -2.00. The van der Waals surface area contributed by atoms with Gasteiger partial charge in [-0.25, -0.2) is 4.98 Å². The van der Waals surface area contributed by atoms with Crippen LogP contribution in [0, 0.1) is 0 Å². The molecule has 0 aliphatic carbocycles. The van der Waals surface area contributed by atoms with Crippen LogP contribution in [0.5, 0.6) is 0 Å². The van der Waals surface area contributed by atoms with Crippen LogP contribution in [0.1, 0.15) is 28.7 Å². The highest BCUT2D eigenvalue weighted by atomic mass is 32.1.